The van der Waals surface area contributed by atoms with Crippen LogP contribution in [0.15, 0.2) is 24.3 Å². The molecule has 0 aromatic heterocycles. The molecule has 1 aromatic rings. The summed E-state index contributed by atoms with van der Waals surface area (Å²) >= 11 is 0. The highest BCUT2D eigenvalue weighted by molar-refractivity contribution is 7.27. The third-order valence-electron chi connectivity index (χ3n) is 1.19. The Kier molecular flexibility index (Phi) is 14.3. The van der Waals surface area contributed by atoms with Gasteiger partial charge in [-0.25, -0.2) is 0 Å². The summed E-state index contributed by atoms with van der Waals surface area (Å²) in [4.78, 5) is 0. The second-order valence-corrected chi connectivity index (χ2v) is 2.48. The highest BCUT2D eigenvalue weighted by atomic mass is 35.5. The molecule has 0 heterocycles. The fourth-order valence-corrected chi connectivity index (χ4v) is 0.794. The monoisotopic (exact) mass is 223 g/mol. The molecule has 11 heavy (non-hydrogen) atoms. The molecule has 0 aliphatic carbocycles. The highest BCUT2D eigenvalue weighted by Crippen LogP contribution is 1.96. The molecule has 0 N–H and O–H groups in total. The predicted molar refractivity (Wildman–Crippen MR) is 60.8 cm³/mol. The SMILES string of the molecule is Cc1ccccc1P.Cl.Cl.[Al]. The van der Waals surface area contributed by atoms with Gasteiger partial charge in [0.15, 0.2) is 0 Å². The fourth-order valence-electron chi connectivity index (χ4n) is 0.587. The van der Waals surface area contributed by atoms with E-state index in [0.717, 1.165) is 0 Å². The maximum Gasteiger partial charge on any atom is 0 e. The van der Waals surface area contributed by atoms with Crippen LogP contribution in [-0.4, -0.2) is 17.4 Å². The van der Waals surface area contributed by atoms with Crippen molar-refractivity contribution in [3.63, 3.8) is 0 Å². The van der Waals surface area contributed by atoms with Crippen molar-refractivity contribution >= 4 is 56.7 Å². The first-order valence-corrected chi connectivity index (χ1v) is 3.19. The molecular formula is C7H11AlCl2P. The predicted octanol–water partition coefficient (Wildman–Crippen LogP) is 1.96. The van der Waals surface area contributed by atoms with Crippen LogP contribution in [0.5, 0.6) is 0 Å². The van der Waals surface area contributed by atoms with Gasteiger partial charge in [0.2, 0.25) is 0 Å². The Morgan fingerprint density at radius 3 is 1.82 bits per heavy atom. The van der Waals surface area contributed by atoms with Crippen molar-refractivity contribution in [1.29, 1.82) is 0 Å². The molecule has 0 bridgehead atoms. The van der Waals surface area contributed by atoms with E-state index in [4.69, 9.17) is 0 Å². The number of aryl methyl sites for hydroxylation is 1. The van der Waals surface area contributed by atoms with Crippen molar-refractivity contribution in [3.05, 3.63) is 29.8 Å². The zero-order chi connectivity index (χ0) is 5.98. The van der Waals surface area contributed by atoms with Gasteiger partial charge < -0.3 is 0 Å². The smallest absolute Gasteiger partial charge is 0 e. The van der Waals surface area contributed by atoms with Gasteiger partial charge in [-0.1, -0.05) is 24.3 Å². The van der Waals surface area contributed by atoms with E-state index in [9.17, 15) is 0 Å². The van der Waals surface area contributed by atoms with Crippen molar-refractivity contribution in [2.45, 2.75) is 6.92 Å². The fraction of sp³-hybridized carbons (Fsp3) is 0.143. The van der Waals surface area contributed by atoms with Gasteiger partial charge in [0.25, 0.3) is 0 Å². The summed E-state index contributed by atoms with van der Waals surface area (Å²) in [7, 11) is 2.69. The molecule has 0 saturated carbocycles. The Morgan fingerprint density at radius 1 is 1.09 bits per heavy atom. The lowest BCUT2D eigenvalue weighted by Crippen LogP contribution is -1.92. The highest BCUT2D eigenvalue weighted by Gasteiger charge is 1.84. The maximum absolute atomic E-state index is 2.69. The lowest BCUT2D eigenvalue weighted by atomic mass is 10.2. The molecule has 0 spiro atoms. The standard InChI is InChI=1S/C7H9P.Al.2ClH/c1-6-4-2-3-5-7(6)8;;;/h2-5H,8H2,1H3;;2*1H. The Balaban J connectivity index is -0.000000213. The van der Waals surface area contributed by atoms with E-state index in [2.05, 4.69) is 28.3 Å². The van der Waals surface area contributed by atoms with Crippen LogP contribution in [0.3, 0.4) is 0 Å². The van der Waals surface area contributed by atoms with Crippen LogP contribution in [0.2, 0.25) is 0 Å². The van der Waals surface area contributed by atoms with Gasteiger partial charge in [0.05, 0.1) is 0 Å². The summed E-state index contributed by atoms with van der Waals surface area (Å²) in [6.07, 6.45) is 0. The lowest BCUT2D eigenvalue weighted by molar-refractivity contribution is 1.52. The van der Waals surface area contributed by atoms with Gasteiger partial charge in [0.1, 0.15) is 0 Å². The van der Waals surface area contributed by atoms with Crippen LogP contribution in [0.25, 0.3) is 0 Å². The first kappa shape index (κ1) is 17.7. The van der Waals surface area contributed by atoms with Gasteiger partial charge >= 0.3 is 0 Å². The zero-order valence-electron chi connectivity index (χ0n) is 6.28. The van der Waals surface area contributed by atoms with Crippen LogP contribution in [0.4, 0.5) is 0 Å². The summed E-state index contributed by atoms with van der Waals surface area (Å²) in [6, 6.07) is 8.26. The van der Waals surface area contributed by atoms with E-state index in [1.54, 1.807) is 0 Å². The summed E-state index contributed by atoms with van der Waals surface area (Å²) in [5.74, 6) is 0. The second-order valence-electron chi connectivity index (χ2n) is 1.86. The van der Waals surface area contributed by atoms with Crippen LogP contribution < -0.4 is 5.30 Å². The molecule has 0 aliphatic heterocycles. The van der Waals surface area contributed by atoms with Crippen molar-refractivity contribution in [3.8, 4) is 0 Å². The van der Waals surface area contributed by atoms with Gasteiger partial charge in [-0.2, -0.15) is 0 Å². The van der Waals surface area contributed by atoms with Gasteiger partial charge in [-0.3, -0.25) is 0 Å². The Bertz CT molecular complexity index is 173. The van der Waals surface area contributed by atoms with E-state index in [0.29, 0.717) is 0 Å². The molecule has 1 rings (SSSR count). The molecule has 1 unspecified atom stereocenters. The number of rotatable bonds is 0. The topological polar surface area (TPSA) is 0 Å². The first-order chi connectivity index (χ1) is 3.80. The molecule has 1 atom stereocenters. The van der Waals surface area contributed by atoms with E-state index >= 15 is 0 Å². The van der Waals surface area contributed by atoms with Crippen molar-refractivity contribution < 1.29 is 0 Å². The minimum atomic E-state index is 0. The number of hydrogen-bond donors (Lipinski definition) is 0. The summed E-state index contributed by atoms with van der Waals surface area (Å²) in [5, 5.41) is 1.28. The number of hydrogen-bond acceptors (Lipinski definition) is 0. The third-order valence-corrected chi connectivity index (χ3v) is 1.84. The minimum absolute atomic E-state index is 0. The molecule has 0 fully saturated rings. The summed E-state index contributed by atoms with van der Waals surface area (Å²) < 4.78 is 0. The molecule has 4 heteroatoms. The molecule has 3 radical (unpaired) electrons. The van der Waals surface area contributed by atoms with Crippen molar-refractivity contribution in [1.82, 2.24) is 0 Å². The van der Waals surface area contributed by atoms with Gasteiger partial charge in [-0.05, 0) is 17.8 Å². The quantitative estimate of drug-likeness (QED) is 0.466. The molecule has 1 aromatic carbocycles. The molecule has 0 amide bonds. The maximum atomic E-state index is 2.69. The second kappa shape index (κ2) is 8.86. The first-order valence-electron chi connectivity index (χ1n) is 2.62. The Morgan fingerprint density at radius 2 is 1.55 bits per heavy atom. The molecular weight excluding hydrogens is 213 g/mol. The van der Waals surface area contributed by atoms with E-state index in [-0.39, 0.29) is 42.2 Å². The van der Waals surface area contributed by atoms with Gasteiger partial charge in [0, 0.05) is 17.4 Å². The molecule has 0 saturated heterocycles. The van der Waals surface area contributed by atoms with Gasteiger partial charge in [-0.15, -0.1) is 34.1 Å². The third kappa shape index (κ3) is 5.97. The minimum Gasteiger partial charge on any atom is -0.147 e. The number of benzene rings is 1. The Hall–Kier alpha value is 0.762. The summed E-state index contributed by atoms with van der Waals surface area (Å²) in [5.41, 5.74) is 1.33. The van der Waals surface area contributed by atoms with E-state index in [1.807, 2.05) is 12.1 Å². The van der Waals surface area contributed by atoms with Crippen LogP contribution in [0, 0.1) is 6.92 Å². The Labute approximate surface area is 93.3 Å². The number of halogens is 2. The normalized spacial score (nSPS) is 6.73. The average molecular weight is 224 g/mol. The molecule has 61 valence electrons. The van der Waals surface area contributed by atoms with Crippen molar-refractivity contribution in [2.75, 3.05) is 0 Å². The van der Waals surface area contributed by atoms with E-state index in [1.165, 1.54) is 10.9 Å². The molecule has 0 nitrogen and oxygen atoms in total. The van der Waals surface area contributed by atoms with Crippen LogP contribution >= 0.6 is 34.1 Å². The van der Waals surface area contributed by atoms with Crippen molar-refractivity contribution in [2.24, 2.45) is 0 Å². The molecule has 0 aliphatic rings. The summed E-state index contributed by atoms with van der Waals surface area (Å²) in [6.45, 7) is 2.10. The average Bonchev–Trinajstić information content (AvgIpc) is 1.77. The van der Waals surface area contributed by atoms with E-state index < -0.39 is 0 Å². The zero-order valence-corrected chi connectivity index (χ0v) is 10.2. The van der Waals surface area contributed by atoms with Crippen LogP contribution in [0.1, 0.15) is 5.56 Å². The lowest BCUT2D eigenvalue weighted by Gasteiger charge is -1.93. The van der Waals surface area contributed by atoms with Crippen LogP contribution in [-0.2, 0) is 0 Å². The largest absolute Gasteiger partial charge is 0.147 e.